The van der Waals surface area contributed by atoms with Crippen molar-refractivity contribution in [1.82, 2.24) is 9.38 Å². The highest BCUT2D eigenvalue weighted by molar-refractivity contribution is 6.29. The van der Waals surface area contributed by atoms with Crippen molar-refractivity contribution in [3.8, 4) is 0 Å². The van der Waals surface area contributed by atoms with Gasteiger partial charge in [-0.2, -0.15) is 0 Å². The van der Waals surface area contributed by atoms with Crippen molar-refractivity contribution in [2.45, 2.75) is 6.42 Å². The zero-order valence-electron chi connectivity index (χ0n) is 8.35. The van der Waals surface area contributed by atoms with E-state index in [-0.39, 0.29) is 5.69 Å². The zero-order chi connectivity index (χ0) is 11.7. The van der Waals surface area contributed by atoms with Crippen LogP contribution in [0.5, 0.6) is 0 Å². The molecule has 0 saturated carbocycles. The molecule has 0 atom stereocenters. The van der Waals surface area contributed by atoms with Gasteiger partial charge in [-0.3, -0.25) is 4.40 Å². The number of nitrogens with two attached hydrogens (primary N) is 1. The number of carbonyl (C=O) groups is 1. The Bertz CT molecular complexity index is 550. The summed E-state index contributed by atoms with van der Waals surface area (Å²) < 4.78 is 1.61. The Morgan fingerprint density at radius 3 is 2.94 bits per heavy atom. The van der Waals surface area contributed by atoms with Crippen LogP contribution in [0.25, 0.3) is 5.52 Å². The Kier molecular flexibility index (Phi) is 2.80. The van der Waals surface area contributed by atoms with E-state index in [2.05, 4.69) is 4.98 Å². The second-order valence-electron chi connectivity index (χ2n) is 3.29. The lowest BCUT2D eigenvalue weighted by atomic mass is 10.3. The van der Waals surface area contributed by atoms with Crippen LogP contribution in [-0.2, 0) is 6.42 Å². The van der Waals surface area contributed by atoms with Gasteiger partial charge in [0.05, 0.1) is 5.52 Å². The number of imidazole rings is 1. The summed E-state index contributed by atoms with van der Waals surface area (Å²) in [5.74, 6) is -0.497. The summed E-state index contributed by atoms with van der Waals surface area (Å²) in [6, 6.07) is 5.04. The van der Waals surface area contributed by atoms with Gasteiger partial charge in [0.2, 0.25) is 0 Å². The molecule has 0 spiro atoms. The predicted octanol–water partition coefficient (Wildman–Crippen LogP) is 1.19. The number of pyridine rings is 1. The number of fused-ring (bicyclic) bond motifs is 1. The summed E-state index contributed by atoms with van der Waals surface area (Å²) in [6.07, 6.45) is 0.484. The summed E-state index contributed by atoms with van der Waals surface area (Å²) in [6.45, 7) is 0.392. The summed E-state index contributed by atoms with van der Waals surface area (Å²) >= 11 is 6.01. The van der Waals surface area contributed by atoms with Crippen LogP contribution in [0.15, 0.2) is 18.2 Å². The molecule has 0 aliphatic rings. The first-order chi connectivity index (χ1) is 7.65. The minimum atomic E-state index is -1.07. The van der Waals surface area contributed by atoms with Gasteiger partial charge in [0.1, 0.15) is 11.0 Å². The molecular formula is C10H10ClN3O2. The van der Waals surface area contributed by atoms with Crippen LogP contribution in [0.3, 0.4) is 0 Å². The molecular weight excluding hydrogens is 230 g/mol. The Morgan fingerprint density at radius 2 is 2.31 bits per heavy atom. The van der Waals surface area contributed by atoms with Crippen molar-refractivity contribution in [2.24, 2.45) is 5.73 Å². The maximum Gasteiger partial charge on any atom is 0.356 e. The average Bonchev–Trinajstić information content (AvgIpc) is 2.59. The van der Waals surface area contributed by atoms with Gasteiger partial charge in [-0.1, -0.05) is 17.7 Å². The van der Waals surface area contributed by atoms with Crippen molar-refractivity contribution in [3.05, 3.63) is 34.9 Å². The van der Waals surface area contributed by atoms with E-state index in [0.29, 0.717) is 29.5 Å². The first-order valence-electron chi connectivity index (χ1n) is 4.74. The van der Waals surface area contributed by atoms with Crippen molar-refractivity contribution in [1.29, 1.82) is 0 Å². The summed E-state index contributed by atoms with van der Waals surface area (Å²) in [4.78, 5) is 15.0. The molecule has 5 nitrogen and oxygen atoms in total. The predicted molar refractivity (Wildman–Crippen MR) is 59.9 cm³/mol. The molecule has 0 saturated heterocycles. The lowest BCUT2D eigenvalue weighted by molar-refractivity contribution is 0.0693. The molecule has 16 heavy (non-hydrogen) atoms. The van der Waals surface area contributed by atoms with Crippen molar-refractivity contribution in [3.63, 3.8) is 0 Å². The summed E-state index contributed by atoms with van der Waals surface area (Å²) in [7, 11) is 0. The molecule has 84 valence electrons. The largest absolute Gasteiger partial charge is 0.476 e. The van der Waals surface area contributed by atoms with Crippen LogP contribution in [0, 0.1) is 0 Å². The summed E-state index contributed by atoms with van der Waals surface area (Å²) in [5, 5.41) is 9.44. The SMILES string of the molecule is NCCc1nc(C(=O)O)c2cccc(Cl)n12. The molecule has 0 aliphatic heterocycles. The average molecular weight is 240 g/mol. The Hall–Kier alpha value is -1.59. The number of nitrogens with zero attached hydrogens (tertiary/aromatic N) is 2. The highest BCUT2D eigenvalue weighted by Crippen LogP contribution is 2.19. The molecule has 6 heteroatoms. The third-order valence-corrected chi connectivity index (χ3v) is 2.55. The van der Waals surface area contributed by atoms with Crippen molar-refractivity contribution >= 4 is 23.1 Å². The molecule has 0 amide bonds. The Labute approximate surface area is 96.5 Å². The van der Waals surface area contributed by atoms with Gasteiger partial charge in [-0.05, 0) is 18.7 Å². The van der Waals surface area contributed by atoms with E-state index in [1.807, 2.05) is 0 Å². The van der Waals surface area contributed by atoms with Crippen LogP contribution in [0.4, 0.5) is 0 Å². The maximum absolute atomic E-state index is 11.0. The minimum Gasteiger partial charge on any atom is -0.476 e. The topological polar surface area (TPSA) is 80.6 Å². The molecule has 0 bridgehead atoms. The monoisotopic (exact) mass is 239 g/mol. The standard InChI is InChI=1S/C10H10ClN3O2/c11-7-3-1-2-6-9(10(15)16)13-8(4-5-12)14(6)7/h1-3H,4-5,12H2,(H,15,16). The Morgan fingerprint density at radius 1 is 1.56 bits per heavy atom. The molecule has 0 aromatic carbocycles. The molecule has 2 aromatic rings. The van der Waals surface area contributed by atoms with E-state index in [1.54, 1.807) is 22.6 Å². The van der Waals surface area contributed by atoms with Crippen LogP contribution >= 0.6 is 11.6 Å². The highest BCUT2D eigenvalue weighted by atomic mass is 35.5. The van der Waals surface area contributed by atoms with E-state index in [1.165, 1.54) is 0 Å². The fourth-order valence-corrected chi connectivity index (χ4v) is 1.88. The lowest BCUT2D eigenvalue weighted by Gasteiger charge is -2.01. The van der Waals surface area contributed by atoms with Crippen LogP contribution in [0.2, 0.25) is 5.15 Å². The van der Waals surface area contributed by atoms with Gasteiger partial charge < -0.3 is 10.8 Å². The number of halogens is 1. The van der Waals surface area contributed by atoms with E-state index < -0.39 is 5.97 Å². The third-order valence-electron chi connectivity index (χ3n) is 2.25. The van der Waals surface area contributed by atoms with E-state index in [4.69, 9.17) is 22.4 Å². The molecule has 2 aromatic heterocycles. The number of aromatic carboxylic acids is 1. The van der Waals surface area contributed by atoms with Gasteiger partial charge in [-0.25, -0.2) is 9.78 Å². The molecule has 3 N–H and O–H groups in total. The van der Waals surface area contributed by atoms with E-state index in [9.17, 15) is 4.79 Å². The van der Waals surface area contributed by atoms with Gasteiger partial charge in [0, 0.05) is 6.42 Å². The number of rotatable bonds is 3. The van der Waals surface area contributed by atoms with Crippen LogP contribution in [-0.4, -0.2) is 27.0 Å². The van der Waals surface area contributed by atoms with Crippen molar-refractivity contribution < 1.29 is 9.90 Å². The fraction of sp³-hybridized carbons (Fsp3) is 0.200. The van der Waals surface area contributed by atoms with Crippen LogP contribution in [0.1, 0.15) is 16.3 Å². The number of hydrogen-bond donors (Lipinski definition) is 2. The minimum absolute atomic E-state index is 0.00551. The van der Waals surface area contributed by atoms with Crippen LogP contribution < -0.4 is 5.73 Å². The smallest absolute Gasteiger partial charge is 0.356 e. The summed E-state index contributed by atoms with van der Waals surface area (Å²) in [5.41, 5.74) is 5.94. The first kappa shape index (κ1) is 10.9. The number of carboxylic acids is 1. The maximum atomic E-state index is 11.0. The number of hydrogen-bond acceptors (Lipinski definition) is 3. The fourth-order valence-electron chi connectivity index (χ4n) is 1.62. The lowest BCUT2D eigenvalue weighted by Crippen LogP contribution is -2.06. The quantitative estimate of drug-likeness (QED) is 0.789. The first-order valence-corrected chi connectivity index (χ1v) is 5.12. The molecule has 0 unspecified atom stereocenters. The van der Waals surface area contributed by atoms with Gasteiger partial charge in [-0.15, -0.1) is 0 Å². The normalized spacial score (nSPS) is 10.9. The van der Waals surface area contributed by atoms with Gasteiger partial charge >= 0.3 is 5.97 Å². The Balaban J connectivity index is 2.76. The molecule has 0 radical (unpaired) electrons. The number of carboxylic acid groups (broad SMARTS) is 1. The zero-order valence-corrected chi connectivity index (χ0v) is 9.11. The molecule has 0 aliphatic carbocycles. The van der Waals surface area contributed by atoms with E-state index in [0.717, 1.165) is 0 Å². The second kappa shape index (κ2) is 4.11. The van der Waals surface area contributed by atoms with Gasteiger partial charge in [0.15, 0.2) is 5.69 Å². The molecule has 2 rings (SSSR count). The van der Waals surface area contributed by atoms with Crippen molar-refractivity contribution in [2.75, 3.05) is 6.54 Å². The molecule has 0 fully saturated rings. The molecule has 2 heterocycles. The van der Waals surface area contributed by atoms with E-state index >= 15 is 0 Å². The second-order valence-corrected chi connectivity index (χ2v) is 3.68. The third kappa shape index (κ3) is 1.64. The highest BCUT2D eigenvalue weighted by Gasteiger charge is 2.17. The van der Waals surface area contributed by atoms with Gasteiger partial charge in [0.25, 0.3) is 0 Å². The number of aromatic nitrogens is 2.